The molecule has 2 rings (SSSR count). The SMILES string of the molecule is CCOC(=O)c1nc(-c2ccoc2CC)n[nH]1. The molecular weight excluding hydrogens is 222 g/mol. The van der Waals surface area contributed by atoms with Crippen LogP contribution in [0.1, 0.15) is 30.2 Å². The fourth-order valence-corrected chi connectivity index (χ4v) is 1.49. The van der Waals surface area contributed by atoms with Crippen LogP contribution in [0.15, 0.2) is 16.7 Å². The Kier molecular flexibility index (Phi) is 3.22. The van der Waals surface area contributed by atoms with Gasteiger partial charge in [0.2, 0.25) is 5.82 Å². The number of carbonyl (C=O) groups is 1. The number of hydrogen-bond donors (Lipinski definition) is 1. The van der Waals surface area contributed by atoms with Crippen LogP contribution in [0.2, 0.25) is 0 Å². The summed E-state index contributed by atoms with van der Waals surface area (Å²) < 4.78 is 10.1. The van der Waals surface area contributed by atoms with Gasteiger partial charge >= 0.3 is 5.97 Å². The van der Waals surface area contributed by atoms with E-state index in [4.69, 9.17) is 9.15 Å². The van der Waals surface area contributed by atoms with Gasteiger partial charge in [0.25, 0.3) is 0 Å². The minimum absolute atomic E-state index is 0.102. The van der Waals surface area contributed by atoms with Crippen molar-refractivity contribution >= 4 is 5.97 Å². The number of aryl methyl sites for hydroxylation is 1. The maximum absolute atomic E-state index is 11.4. The first-order chi connectivity index (χ1) is 8.26. The summed E-state index contributed by atoms with van der Waals surface area (Å²) in [5.41, 5.74) is 0.791. The molecule has 90 valence electrons. The molecule has 0 fully saturated rings. The summed E-state index contributed by atoms with van der Waals surface area (Å²) in [6, 6.07) is 1.77. The maximum Gasteiger partial charge on any atom is 0.375 e. The molecule has 0 saturated heterocycles. The molecule has 6 heteroatoms. The van der Waals surface area contributed by atoms with Gasteiger partial charge in [0.15, 0.2) is 5.82 Å². The molecule has 0 aliphatic heterocycles. The molecule has 0 spiro atoms. The number of nitrogens with zero attached hydrogens (tertiary/aromatic N) is 2. The largest absolute Gasteiger partial charge is 0.469 e. The lowest BCUT2D eigenvalue weighted by atomic mass is 10.2. The van der Waals surface area contributed by atoms with Crippen LogP contribution in [0.3, 0.4) is 0 Å². The highest BCUT2D eigenvalue weighted by molar-refractivity contribution is 5.85. The van der Waals surface area contributed by atoms with E-state index >= 15 is 0 Å². The summed E-state index contributed by atoms with van der Waals surface area (Å²) in [6.45, 7) is 4.02. The first kappa shape index (κ1) is 11.4. The summed E-state index contributed by atoms with van der Waals surface area (Å²) >= 11 is 0. The van der Waals surface area contributed by atoms with Crippen LogP contribution in [-0.2, 0) is 11.2 Å². The number of aromatic nitrogens is 3. The molecule has 0 saturated carbocycles. The third-order valence-corrected chi connectivity index (χ3v) is 2.26. The van der Waals surface area contributed by atoms with E-state index in [0.29, 0.717) is 12.4 Å². The van der Waals surface area contributed by atoms with Crippen molar-refractivity contribution in [3.05, 3.63) is 23.9 Å². The van der Waals surface area contributed by atoms with Crippen LogP contribution in [-0.4, -0.2) is 27.8 Å². The Labute approximate surface area is 98.0 Å². The molecule has 1 N–H and O–H groups in total. The molecular formula is C11H13N3O3. The lowest BCUT2D eigenvalue weighted by Gasteiger charge is -1.95. The van der Waals surface area contributed by atoms with E-state index in [0.717, 1.165) is 17.7 Å². The van der Waals surface area contributed by atoms with Crippen LogP contribution in [0.25, 0.3) is 11.4 Å². The number of hydrogen-bond acceptors (Lipinski definition) is 5. The van der Waals surface area contributed by atoms with Crippen LogP contribution < -0.4 is 0 Å². The fourth-order valence-electron chi connectivity index (χ4n) is 1.49. The average molecular weight is 235 g/mol. The highest BCUT2D eigenvalue weighted by Crippen LogP contribution is 2.21. The van der Waals surface area contributed by atoms with Gasteiger partial charge in [0.05, 0.1) is 18.4 Å². The fraction of sp³-hybridized carbons (Fsp3) is 0.364. The van der Waals surface area contributed by atoms with Crippen LogP contribution >= 0.6 is 0 Å². The van der Waals surface area contributed by atoms with E-state index in [1.807, 2.05) is 6.92 Å². The van der Waals surface area contributed by atoms with Crippen molar-refractivity contribution in [3.8, 4) is 11.4 Å². The lowest BCUT2D eigenvalue weighted by Crippen LogP contribution is -2.06. The third-order valence-electron chi connectivity index (χ3n) is 2.26. The molecule has 0 amide bonds. The molecule has 0 aliphatic carbocycles. The monoisotopic (exact) mass is 235 g/mol. The zero-order valence-electron chi connectivity index (χ0n) is 9.69. The number of nitrogens with one attached hydrogen (secondary N) is 1. The Balaban J connectivity index is 2.27. The molecule has 2 heterocycles. The van der Waals surface area contributed by atoms with Crippen LogP contribution in [0.4, 0.5) is 0 Å². The van der Waals surface area contributed by atoms with Crippen molar-refractivity contribution in [2.75, 3.05) is 6.61 Å². The summed E-state index contributed by atoms with van der Waals surface area (Å²) in [5, 5.41) is 6.53. The smallest absolute Gasteiger partial charge is 0.375 e. The number of esters is 1. The zero-order valence-corrected chi connectivity index (χ0v) is 9.69. The Morgan fingerprint density at radius 3 is 3.06 bits per heavy atom. The van der Waals surface area contributed by atoms with E-state index < -0.39 is 5.97 Å². The van der Waals surface area contributed by atoms with Crippen LogP contribution in [0.5, 0.6) is 0 Å². The Morgan fingerprint density at radius 1 is 1.53 bits per heavy atom. The van der Waals surface area contributed by atoms with E-state index in [2.05, 4.69) is 15.2 Å². The summed E-state index contributed by atoms with van der Waals surface area (Å²) in [7, 11) is 0. The summed E-state index contributed by atoms with van der Waals surface area (Å²) in [6.07, 6.45) is 2.32. The number of rotatable bonds is 4. The number of H-pyrrole nitrogens is 1. The van der Waals surface area contributed by atoms with Gasteiger partial charge in [-0.25, -0.2) is 9.78 Å². The number of furan rings is 1. The normalized spacial score (nSPS) is 10.5. The molecule has 2 aromatic rings. The highest BCUT2D eigenvalue weighted by Gasteiger charge is 2.16. The van der Waals surface area contributed by atoms with Crippen molar-refractivity contribution in [1.82, 2.24) is 15.2 Å². The minimum atomic E-state index is -0.507. The van der Waals surface area contributed by atoms with Gasteiger partial charge in [-0.3, -0.25) is 5.10 Å². The van der Waals surface area contributed by atoms with E-state index in [1.54, 1.807) is 19.3 Å². The molecule has 0 radical (unpaired) electrons. The minimum Gasteiger partial charge on any atom is -0.469 e. The zero-order chi connectivity index (χ0) is 12.3. The molecule has 2 aromatic heterocycles. The number of carbonyl (C=O) groups excluding carboxylic acids is 1. The van der Waals surface area contributed by atoms with Crippen molar-refractivity contribution in [1.29, 1.82) is 0 Å². The molecule has 0 atom stereocenters. The predicted molar refractivity (Wildman–Crippen MR) is 59.4 cm³/mol. The van der Waals surface area contributed by atoms with Crippen molar-refractivity contribution in [2.45, 2.75) is 20.3 Å². The van der Waals surface area contributed by atoms with Gasteiger partial charge in [0, 0.05) is 6.42 Å². The average Bonchev–Trinajstić information content (AvgIpc) is 2.97. The van der Waals surface area contributed by atoms with E-state index in [1.165, 1.54) is 0 Å². The third kappa shape index (κ3) is 2.20. The highest BCUT2D eigenvalue weighted by atomic mass is 16.5. The van der Waals surface area contributed by atoms with Crippen molar-refractivity contribution in [3.63, 3.8) is 0 Å². The Hall–Kier alpha value is -2.11. The van der Waals surface area contributed by atoms with Gasteiger partial charge in [-0.2, -0.15) is 5.10 Å². The van der Waals surface area contributed by atoms with Gasteiger partial charge in [-0.1, -0.05) is 6.92 Å². The molecule has 0 bridgehead atoms. The van der Waals surface area contributed by atoms with E-state index in [9.17, 15) is 4.79 Å². The molecule has 17 heavy (non-hydrogen) atoms. The first-order valence-corrected chi connectivity index (χ1v) is 5.42. The van der Waals surface area contributed by atoms with E-state index in [-0.39, 0.29) is 5.82 Å². The molecule has 0 unspecified atom stereocenters. The molecule has 0 aromatic carbocycles. The van der Waals surface area contributed by atoms with Crippen LogP contribution in [0, 0.1) is 0 Å². The Morgan fingerprint density at radius 2 is 2.35 bits per heavy atom. The van der Waals surface area contributed by atoms with Crippen molar-refractivity contribution < 1.29 is 13.9 Å². The Bertz CT molecular complexity index is 516. The summed E-state index contributed by atoms with van der Waals surface area (Å²) in [4.78, 5) is 15.5. The lowest BCUT2D eigenvalue weighted by molar-refractivity contribution is 0.0512. The predicted octanol–water partition coefficient (Wildman–Crippen LogP) is 1.80. The maximum atomic E-state index is 11.4. The second kappa shape index (κ2) is 4.82. The topological polar surface area (TPSA) is 81.0 Å². The van der Waals surface area contributed by atoms with Gasteiger partial charge in [0.1, 0.15) is 5.76 Å². The standard InChI is InChI=1S/C11H13N3O3/c1-3-8-7(5-6-17-8)9-12-10(14-13-9)11(15)16-4-2/h5-6H,3-4H2,1-2H3,(H,12,13,14). The molecule has 0 aliphatic rings. The number of aromatic amines is 1. The number of ether oxygens (including phenoxy) is 1. The summed E-state index contributed by atoms with van der Waals surface area (Å²) in [5.74, 6) is 0.830. The van der Waals surface area contributed by atoms with Gasteiger partial charge in [-0.05, 0) is 13.0 Å². The second-order valence-electron chi connectivity index (χ2n) is 3.34. The molecule has 6 nitrogen and oxygen atoms in total. The quantitative estimate of drug-likeness (QED) is 0.817. The van der Waals surface area contributed by atoms with Crippen molar-refractivity contribution in [2.24, 2.45) is 0 Å². The van der Waals surface area contributed by atoms with Gasteiger partial charge < -0.3 is 9.15 Å². The first-order valence-electron chi connectivity index (χ1n) is 5.42. The van der Waals surface area contributed by atoms with Gasteiger partial charge in [-0.15, -0.1) is 0 Å². The second-order valence-corrected chi connectivity index (χ2v) is 3.34.